The molecule has 1 amide bonds. The van der Waals surface area contributed by atoms with Gasteiger partial charge < -0.3 is 15.4 Å². The number of rotatable bonds is 8. The van der Waals surface area contributed by atoms with Crippen LogP contribution in [-0.4, -0.2) is 24.2 Å². The zero-order valence-electron chi connectivity index (χ0n) is 17.6. The van der Waals surface area contributed by atoms with E-state index in [1.807, 2.05) is 48.5 Å². The van der Waals surface area contributed by atoms with E-state index in [-0.39, 0.29) is 18.3 Å². The molecule has 1 aliphatic rings. The third kappa shape index (κ3) is 5.48. The quantitative estimate of drug-likeness (QED) is 0.460. The third-order valence-corrected chi connectivity index (χ3v) is 5.75. The van der Waals surface area contributed by atoms with Crippen molar-refractivity contribution in [1.29, 1.82) is 5.26 Å². The molecular formula is C25H23N3O3S. The average Bonchev–Trinajstić information content (AvgIpc) is 2.81. The molecule has 162 valence electrons. The minimum atomic E-state index is -0.598. The number of carbonyl (C=O) groups is 2. The fraction of sp³-hybridized carbons (Fsp3) is 0.160. The normalized spacial score (nSPS) is 15.4. The smallest absolute Gasteiger partial charge is 0.337 e. The van der Waals surface area contributed by atoms with Crippen molar-refractivity contribution in [2.24, 2.45) is 0 Å². The molecule has 2 N–H and O–H groups in total. The highest BCUT2D eigenvalue weighted by Crippen LogP contribution is 2.40. The van der Waals surface area contributed by atoms with Crippen LogP contribution < -0.4 is 10.6 Å². The van der Waals surface area contributed by atoms with E-state index in [4.69, 9.17) is 4.74 Å². The molecule has 0 radical (unpaired) electrons. The van der Waals surface area contributed by atoms with Crippen LogP contribution in [0.2, 0.25) is 0 Å². The topological polar surface area (TPSA) is 91.2 Å². The molecule has 0 fully saturated rings. The number of ether oxygens (including phenoxy) is 1. The van der Waals surface area contributed by atoms with Crippen LogP contribution in [0.1, 0.15) is 18.4 Å². The second-order valence-corrected chi connectivity index (χ2v) is 7.94. The zero-order valence-corrected chi connectivity index (χ0v) is 18.4. The number of amides is 1. The minimum Gasteiger partial charge on any atom is -0.458 e. The first-order valence-electron chi connectivity index (χ1n) is 9.97. The van der Waals surface area contributed by atoms with Crippen molar-refractivity contribution in [1.82, 2.24) is 5.32 Å². The molecule has 0 saturated heterocycles. The van der Waals surface area contributed by atoms with Crippen LogP contribution >= 0.6 is 11.8 Å². The number of dihydropyridines is 1. The third-order valence-electron chi connectivity index (χ3n) is 4.74. The van der Waals surface area contributed by atoms with Crippen LogP contribution in [-0.2, 0) is 14.3 Å². The van der Waals surface area contributed by atoms with Crippen molar-refractivity contribution in [3.8, 4) is 6.07 Å². The van der Waals surface area contributed by atoms with Gasteiger partial charge in [-0.05, 0) is 24.6 Å². The maximum absolute atomic E-state index is 12.8. The van der Waals surface area contributed by atoms with Crippen LogP contribution in [0.4, 0.5) is 5.69 Å². The van der Waals surface area contributed by atoms with Gasteiger partial charge in [0.05, 0.1) is 33.9 Å². The second kappa shape index (κ2) is 11.0. The van der Waals surface area contributed by atoms with Gasteiger partial charge in [0.15, 0.2) is 0 Å². The number of allylic oxidation sites excluding steroid dienone is 2. The highest BCUT2D eigenvalue weighted by molar-refractivity contribution is 8.03. The molecule has 6 nitrogen and oxygen atoms in total. The molecule has 0 aliphatic carbocycles. The maximum atomic E-state index is 12.8. The Balaban J connectivity index is 1.88. The number of carbonyl (C=O) groups excluding carboxylic acids is 2. The number of nitriles is 1. The molecule has 32 heavy (non-hydrogen) atoms. The van der Waals surface area contributed by atoms with Crippen LogP contribution in [0, 0.1) is 11.3 Å². The number of esters is 1. The van der Waals surface area contributed by atoms with Gasteiger partial charge in [0.25, 0.3) is 0 Å². The first-order chi connectivity index (χ1) is 15.5. The number of hydrogen-bond donors (Lipinski definition) is 2. The molecule has 0 unspecified atom stereocenters. The van der Waals surface area contributed by atoms with Gasteiger partial charge in [0.2, 0.25) is 5.91 Å². The van der Waals surface area contributed by atoms with Crippen molar-refractivity contribution in [2.75, 3.05) is 17.7 Å². The van der Waals surface area contributed by atoms with E-state index in [1.165, 1.54) is 17.8 Å². The van der Waals surface area contributed by atoms with Crippen molar-refractivity contribution < 1.29 is 14.3 Å². The predicted octanol–water partition coefficient (Wildman–Crippen LogP) is 4.48. The fourth-order valence-electron chi connectivity index (χ4n) is 3.34. The Kier molecular flexibility index (Phi) is 7.90. The molecule has 1 atom stereocenters. The van der Waals surface area contributed by atoms with Crippen LogP contribution in [0.25, 0.3) is 0 Å². The molecule has 0 saturated carbocycles. The highest BCUT2D eigenvalue weighted by atomic mass is 32.2. The summed E-state index contributed by atoms with van der Waals surface area (Å²) in [5.74, 6) is -1.20. The van der Waals surface area contributed by atoms with Crippen LogP contribution in [0.15, 0.2) is 95.2 Å². The number of anilines is 1. The summed E-state index contributed by atoms with van der Waals surface area (Å²) < 4.78 is 5.29. The Morgan fingerprint density at radius 3 is 2.47 bits per heavy atom. The predicted molar refractivity (Wildman–Crippen MR) is 126 cm³/mol. The largest absolute Gasteiger partial charge is 0.458 e. The lowest BCUT2D eigenvalue weighted by Crippen LogP contribution is -2.29. The van der Waals surface area contributed by atoms with Gasteiger partial charge in [-0.2, -0.15) is 5.26 Å². The lowest BCUT2D eigenvalue weighted by Gasteiger charge is -2.29. The van der Waals surface area contributed by atoms with E-state index < -0.39 is 11.9 Å². The van der Waals surface area contributed by atoms with E-state index in [1.54, 1.807) is 19.1 Å². The molecule has 2 aromatic carbocycles. The molecule has 0 spiro atoms. The van der Waals surface area contributed by atoms with E-state index in [0.29, 0.717) is 27.6 Å². The summed E-state index contributed by atoms with van der Waals surface area (Å²) >= 11 is 1.22. The van der Waals surface area contributed by atoms with E-state index in [9.17, 15) is 14.9 Å². The lowest BCUT2D eigenvalue weighted by molar-refractivity contribution is -0.138. The standard InChI is InChI=1S/C25H23N3O3S/c1-3-14-31-25(30)22-17(2)27-24(20(15-26)23(22)18-10-6-4-7-11-18)32-16-21(29)28-19-12-8-5-9-13-19/h3-13,23,27H,1,14,16H2,2H3,(H,28,29)/t23-/m0/s1. The monoisotopic (exact) mass is 445 g/mol. The van der Waals surface area contributed by atoms with Gasteiger partial charge >= 0.3 is 5.97 Å². The number of para-hydroxylation sites is 1. The van der Waals surface area contributed by atoms with Crippen molar-refractivity contribution in [3.05, 3.63) is 101 Å². The molecule has 3 rings (SSSR count). The Morgan fingerprint density at radius 2 is 1.84 bits per heavy atom. The molecular weight excluding hydrogens is 422 g/mol. The highest BCUT2D eigenvalue weighted by Gasteiger charge is 2.35. The Morgan fingerprint density at radius 1 is 1.19 bits per heavy atom. The number of hydrogen-bond acceptors (Lipinski definition) is 6. The molecule has 2 aromatic rings. The Bertz CT molecular complexity index is 1100. The molecule has 7 heteroatoms. The Hall–Kier alpha value is -3.76. The summed E-state index contributed by atoms with van der Waals surface area (Å²) in [6.45, 7) is 5.41. The van der Waals surface area contributed by atoms with Crippen LogP contribution in [0.5, 0.6) is 0 Å². The van der Waals surface area contributed by atoms with E-state index >= 15 is 0 Å². The number of benzene rings is 2. The first-order valence-corrected chi connectivity index (χ1v) is 11.0. The van der Waals surface area contributed by atoms with E-state index in [0.717, 1.165) is 5.56 Å². The van der Waals surface area contributed by atoms with Crippen LogP contribution in [0.3, 0.4) is 0 Å². The average molecular weight is 446 g/mol. The number of nitrogens with one attached hydrogen (secondary N) is 2. The van der Waals surface area contributed by atoms with Gasteiger partial charge in [-0.15, -0.1) is 0 Å². The molecule has 0 aromatic heterocycles. The van der Waals surface area contributed by atoms with Gasteiger partial charge in [-0.25, -0.2) is 4.79 Å². The van der Waals surface area contributed by atoms with Gasteiger partial charge in [0.1, 0.15) is 6.61 Å². The van der Waals surface area contributed by atoms with Crippen molar-refractivity contribution >= 4 is 29.3 Å². The fourth-order valence-corrected chi connectivity index (χ4v) is 4.24. The second-order valence-electron chi connectivity index (χ2n) is 6.95. The molecule has 1 aliphatic heterocycles. The van der Waals surface area contributed by atoms with Crippen molar-refractivity contribution in [3.63, 3.8) is 0 Å². The zero-order chi connectivity index (χ0) is 22.9. The van der Waals surface area contributed by atoms with Gasteiger partial charge in [-0.3, -0.25) is 4.79 Å². The summed E-state index contributed by atoms with van der Waals surface area (Å²) in [4.78, 5) is 25.2. The molecule has 1 heterocycles. The minimum absolute atomic E-state index is 0.0734. The summed E-state index contributed by atoms with van der Waals surface area (Å²) in [5.41, 5.74) is 2.81. The molecule has 0 bridgehead atoms. The summed E-state index contributed by atoms with van der Waals surface area (Å²) in [5, 5.41) is 16.5. The first kappa shape index (κ1) is 22.9. The van der Waals surface area contributed by atoms with Gasteiger partial charge in [0, 0.05) is 11.4 Å². The van der Waals surface area contributed by atoms with E-state index in [2.05, 4.69) is 23.3 Å². The number of thioether (sulfide) groups is 1. The summed E-state index contributed by atoms with van der Waals surface area (Å²) in [6.07, 6.45) is 1.50. The summed E-state index contributed by atoms with van der Waals surface area (Å²) in [7, 11) is 0. The SMILES string of the molecule is C=CCOC(=O)C1=C(C)NC(SCC(=O)Nc2ccccc2)=C(C#N)[C@@H]1c1ccccc1. The van der Waals surface area contributed by atoms with Gasteiger partial charge in [-0.1, -0.05) is 72.9 Å². The number of nitrogens with zero attached hydrogens (tertiary/aromatic N) is 1. The lowest BCUT2D eigenvalue weighted by atomic mass is 9.82. The van der Waals surface area contributed by atoms with Crippen molar-refractivity contribution in [2.45, 2.75) is 12.8 Å². The maximum Gasteiger partial charge on any atom is 0.337 e. The summed E-state index contributed by atoms with van der Waals surface area (Å²) in [6, 6.07) is 20.7. The Labute approximate surface area is 191 Å².